The van der Waals surface area contributed by atoms with Crippen molar-refractivity contribution < 1.29 is 4.74 Å². The van der Waals surface area contributed by atoms with Crippen LogP contribution in [0.25, 0.3) is 0 Å². The molecule has 0 aromatic carbocycles. The minimum atomic E-state index is 0.267. The van der Waals surface area contributed by atoms with Gasteiger partial charge in [-0.3, -0.25) is 4.98 Å². The number of pyridine rings is 1. The minimum absolute atomic E-state index is 0.267. The molecule has 102 valence electrons. The highest BCUT2D eigenvalue weighted by molar-refractivity contribution is 5.06. The van der Waals surface area contributed by atoms with Gasteiger partial charge in [-0.2, -0.15) is 0 Å². The first-order chi connectivity index (χ1) is 8.81. The topological polar surface area (TPSA) is 34.2 Å². The highest BCUT2D eigenvalue weighted by Gasteiger charge is 2.20. The van der Waals surface area contributed by atoms with Crippen LogP contribution in [0.15, 0.2) is 24.4 Å². The number of hydrogen-bond donors (Lipinski definition) is 1. The van der Waals surface area contributed by atoms with Crippen molar-refractivity contribution in [3.8, 4) is 0 Å². The molecule has 0 saturated heterocycles. The van der Waals surface area contributed by atoms with Crippen LogP contribution in [0.1, 0.15) is 39.3 Å². The summed E-state index contributed by atoms with van der Waals surface area (Å²) < 4.78 is 5.83. The Hall–Kier alpha value is -0.930. The molecule has 0 spiro atoms. The largest absolute Gasteiger partial charge is 0.377 e. The van der Waals surface area contributed by atoms with Gasteiger partial charge in [-0.25, -0.2) is 0 Å². The van der Waals surface area contributed by atoms with Gasteiger partial charge in [0.1, 0.15) is 0 Å². The summed E-state index contributed by atoms with van der Waals surface area (Å²) in [6.45, 7) is 8.22. The van der Waals surface area contributed by atoms with Gasteiger partial charge in [0.25, 0.3) is 0 Å². The molecule has 2 unspecified atom stereocenters. The molecule has 0 aliphatic heterocycles. The van der Waals surface area contributed by atoms with Crippen LogP contribution in [0.2, 0.25) is 0 Å². The van der Waals surface area contributed by atoms with E-state index >= 15 is 0 Å². The van der Waals surface area contributed by atoms with Gasteiger partial charge in [0.15, 0.2) is 0 Å². The first-order valence-corrected chi connectivity index (χ1v) is 7.06. The molecule has 0 bridgehead atoms. The van der Waals surface area contributed by atoms with E-state index in [2.05, 4.69) is 37.1 Å². The normalized spacial score (nSPS) is 14.4. The maximum atomic E-state index is 5.83. The number of aromatic nitrogens is 1. The van der Waals surface area contributed by atoms with Gasteiger partial charge < -0.3 is 10.1 Å². The Morgan fingerprint density at radius 1 is 1.28 bits per heavy atom. The van der Waals surface area contributed by atoms with Crippen LogP contribution in [0.5, 0.6) is 0 Å². The summed E-state index contributed by atoms with van der Waals surface area (Å²) in [5, 5.41) is 3.59. The van der Waals surface area contributed by atoms with Gasteiger partial charge in [-0.1, -0.05) is 19.9 Å². The predicted molar refractivity (Wildman–Crippen MR) is 75.7 cm³/mol. The van der Waals surface area contributed by atoms with Crippen LogP contribution in [0.3, 0.4) is 0 Å². The maximum absolute atomic E-state index is 5.83. The number of ether oxygens (including phenoxy) is 1. The molecular formula is C15H26N2O. The zero-order chi connectivity index (χ0) is 13.2. The van der Waals surface area contributed by atoms with Gasteiger partial charge in [-0.05, 0) is 38.4 Å². The average Bonchev–Trinajstić information content (AvgIpc) is 2.42. The van der Waals surface area contributed by atoms with Crippen molar-refractivity contribution in [2.24, 2.45) is 0 Å². The average molecular weight is 250 g/mol. The van der Waals surface area contributed by atoms with E-state index in [-0.39, 0.29) is 6.10 Å². The summed E-state index contributed by atoms with van der Waals surface area (Å²) in [4.78, 5) is 4.41. The van der Waals surface area contributed by atoms with E-state index in [9.17, 15) is 0 Å². The van der Waals surface area contributed by atoms with Gasteiger partial charge >= 0.3 is 0 Å². The molecule has 3 nitrogen and oxygen atoms in total. The van der Waals surface area contributed by atoms with E-state index in [1.54, 1.807) is 0 Å². The van der Waals surface area contributed by atoms with Crippen LogP contribution in [-0.2, 0) is 11.2 Å². The molecule has 3 heteroatoms. The summed E-state index contributed by atoms with van der Waals surface area (Å²) in [5.41, 5.74) is 1.13. The van der Waals surface area contributed by atoms with E-state index in [0.29, 0.717) is 6.04 Å². The maximum Gasteiger partial charge on any atom is 0.0729 e. The highest BCUT2D eigenvalue weighted by atomic mass is 16.5. The third kappa shape index (κ3) is 5.15. The van der Waals surface area contributed by atoms with Crippen molar-refractivity contribution in [1.82, 2.24) is 10.3 Å². The first-order valence-electron chi connectivity index (χ1n) is 7.06. The molecule has 1 rings (SSSR count). The van der Waals surface area contributed by atoms with E-state index in [1.165, 1.54) is 0 Å². The fourth-order valence-corrected chi connectivity index (χ4v) is 2.14. The second-order valence-corrected chi connectivity index (χ2v) is 4.49. The van der Waals surface area contributed by atoms with Crippen LogP contribution < -0.4 is 5.32 Å². The lowest BCUT2D eigenvalue weighted by molar-refractivity contribution is 0.0317. The predicted octanol–water partition coefficient (Wildman–Crippen LogP) is 2.81. The number of nitrogens with zero attached hydrogens (tertiary/aromatic N) is 1. The fraction of sp³-hybridized carbons (Fsp3) is 0.667. The molecule has 1 aromatic heterocycles. The molecule has 0 aliphatic carbocycles. The summed E-state index contributed by atoms with van der Waals surface area (Å²) in [6.07, 6.45) is 5.22. The number of hydrogen-bond acceptors (Lipinski definition) is 3. The minimum Gasteiger partial charge on any atom is -0.377 e. The van der Waals surface area contributed by atoms with Crippen molar-refractivity contribution >= 4 is 0 Å². The molecule has 2 atom stereocenters. The Morgan fingerprint density at radius 3 is 2.67 bits per heavy atom. The summed E-state index contributed by atoms with van der Waals surface area (Å²) in [5.74, 6) is 0. The summed E-state index contributed by atoms with van der Waals surface area (Å²) in [7, 11) is 0. The summed E-state index contributed by atoms with van der Waals surface area (Å²) in [6, 6.07) is 6.43. The van der Waals surface area contributed by atoms with Gasteiger partial charge in [0.05, 0.1) is 6.10 Å². The zero-order valence-corrected chi connectivity index (χ0v) is 11.9. The molecule has 18 heavy (non-hydrogen) atoms. The quantitative estimate of drug-likeness (QED) is 0.732. The molecule has 0 aliphatic rings. The Kier molecular flexibility index (Phi) is 7.62. The third-order valence-electron chi connectivity index (χ3n) is 3.04. The van der Waals surface area contributed by atoms with Crippen LogP contribution in [0, 0.1) is 0 Å². The highest BCUT2D eigenvalue weighted by Crippen LogP contribution is 2.10. The van der Waals surface area contributed by atoms with Crippen molar-refractivity contribution in [3.63, 3.8) is 0 Å². The second kappa shape index (κ2) is 9.06. The number of rotatable bonds is 9. The molecule has 1 aromatic rings. The first kappa shape index (κ1) is 15.1. The van der Waals surface area contributed by atoms with Gasteiger partial charge in [-0.15, -0.1) is 0 Å². The Bertz CT molecular complexity index is 303. The third-order valence-corrected chi connectivity index (χ3v) is 3.04. The molecule has 0 amide bonds. The van der Waals surface area contributed by atoms with Gasteiger partial charge in [0.2, 0.25) is 0 Å². The Balaban J connectivity index is 2.64. The molecular weight excluding hydrogens is 224 g/mol. The zero-order valence-electron chi connectivity index (χ0n) is 11.9. The van der Waals surface area contributed by atoms with Gasteiger partial charge in [0, 0.05) is 31.0 Å². The van der Waals surface area contributed by atoms with Crippen molar-refractivity contribution in [1.29, 1.82) is 0 Å². The number of nitrogens with one attached hydrogen (secondary N) is 1. The monoisotopic (exact) mass is 250 g/mol. The smallest absolute Gasteiger partial charge is 0.0729 e. The van der Waals surface area contributed by atoms with Crippen molar-refractivity contribution in [2.75, 3.05) is 13.2 Å². The van der Waals surface area contributed by atoms with Crippen molar-refractivity contribution in [2.45, 2.75) is 52.2 Å². The van der Waals surface area contributed by atoms with Crippen LogP contribution in [-0.4, -0.2) is 30.3 Å². The molecule has 1 heterocycles. The summed E-state index contributed by atoms with van der Waals surface area (Å²) >= 11 is 0. The molecule has 0 fully saturated rings. The lowest BCUT2D eigenvalue weighted by Crippen LogP contribution is -2.43. The van der Waals surface area contributed by atoms with Crippen LogP contribution >= 0.6 is 0 Å². The van der Waals surface area contributed by atoms with Crippen molar-refractivity contribution in [3.05, 3.63) is 30.1 Å². The standard InChI is InChI=1S/C15H26N2O/c1-4-10-17-14(15(5-2)18-6-3)12-13-9-7-8-11-16-13/h7-9,11,14-15,17H,4-6,10,12H2,1-3H3. The SMILES string of the molecule is CCCNC(Cc1ccccn1)C(CC)OCC. The van der Waals surface area contributed by atoms with Crippen LogP contribution in [0.4, 0.5) is 0 Å². The molecule has 1 N–H and O–H groups in total. The lowest BCUT2D eigenvalue weighted by Gasteiger charge is -2.27. The molecule has 0 saturated carbocycles. The van der Waals surface area contributed by atoms with E-state index in [4.69, 9.17) is 4.74 Å². The fourth-order valence-electron chi connectivity index (χ4n) is 2.14. The van der Waals surface area contributed by atoms with E-state index in [1.807, 2.05) is 18.3 Å². The Labute approximate surface area is 111 Å². The van der Waals surface area contributed by atoms with E-state index < -0.39 is 0 Å². The van der Waals surface area contributed by atoms with E-state index in [0.717, 1.165) is 38.1 Å². The Morgan fingerprint density at radius 2 is 2.11 bits per heavy atom. The lowest BCUT2D eigenvalue weighted by atomic mass is 10.0. The second-order valence-electron chi connectivity index (χ2n) is 4.49. The molecule has 0 radical (unpaired) electrons.